The van der Waals surface area contributed by atoms with Gasteiger partial charge in [-0.15, -0.1) is 0 Å². The van der Waals surface area contributed by atoms with Crippen molar-refractivity contribution in [3.8, 4) is 5.75 Å². The number of hydrogen-bond donors (Lipinski definition) is 3. The number of nitrogens with zero attached hydrogens (tertiary/aromatic N) is 3. The summed E-state index contributed by atoms with van der Waals surface area (Å²) in [5, 5.41) is 10.5. The number of carbonyl (C=O) groups is 2. The smallest absolute Gasteiger partial charge is 0.410 e. The van der Waals surface area contributed by atoms with Gasteiger partial charge in [-0.05, 0) is 56.7 Å². The van der Waals surface area contributed by atoms with Crippen LogP contribution in [-0.2, 0) is 11.2 Å². The predicted octanol–water partition coefficient (Wildman–Crippen LogP) is 5.90. The molecule has 0 radical (unpaired) electrons. The maximum absolute atomic E-state index is 12.9. The summed E-state index contributed by atoms with van der Waals surface area (Å²) in [6.45, 7) is 8.31. The minimum absolute atomic E-state index is 0.237. The van der Waals surface area contributed by atoms with Gasteiger partial charge in [-0.3, -0.25) is 4.79 Å². The number of hydrogen-bond acceptors (Lipinski definition) is 8. The fraction of sp³-hybridized carbons (Fsp3) is 0.367. The molecule has 0 unspecified atom stereocenters. The zero-order valence-corrected chi connectivity index (χ0v) is 25.5. The molecule has 2 amide bonds. The predicted molar refractivity (Wildman–Crippen MR) is 166 cm³/mol. The Balaban J connectivity index is 1.38. The minimum Gasteiger partial charge on any atom is -0.494 e. The Hall–Kier alpha value is -3.89. The summed E-state index contributed by atoms with van der Waals surface area (Å²) in [6.07, 6.45) is 0.0856. The molecule has 0 aliphatic carbocycles. The number of fused-ring (bicyclic) bond motifs is 1. The maximum Gasteiger partial charge on any atom is 0.410 e. The molecule has 1 aromatic heterocycles. The molecule has 1 saturated heterocycles. The van der Waals surface area contributed by atoms with E-state index in [1.54, 1.807) is 30.2 Å². The number of rotatable bonds is 6. The highest BCUT2D eigenvalue weighted by atomic mass is 35.5. The van der Waals surface area contributed by atoms with Gasteiger partial charge in [0.25, 0.3) is 5.91 Å². The van der Waals surface area contributed by atoms with Gasteiger partial charge in [0.1, 0.15) is 22.7 Å². The molecule has 222 valence electrons. The second-order valence-electron chi connectivity index (χ2n) is 11.1. The number of methoxy groups -OCH3 is 1. The van der Waals surface area contributed by atoms with E-state index >= 15 is 0 Å². The molecule has 0 atom stereocenters. The zero-order valence-electron chi connectivity index (χ0n) is 24.0. The van der Waals surface area contributed by atoms with Gasteiger partial charge in [-0.25, -0.2) is 9.78 Å². The van der Waals surface area contributed by atoms with Crippen molar-refractivity contribution in [2.45, 2.75) is 32.8 Å². The van der Waals surface area contributed by atoms with E-state index in [4.69, 9.17) is 37.7 Å². The summed E-state index contributed by atoms with van der Waals surface area (Å²) < 4.78 is 11.3. The SMILES string of the molecule is COc1cc(N2CCN(C(=O)OC(C)(C)C)CC2)ccc1Nc1nc(Cc2c(Cl)cccc2Cl)cc2c1C(=O)NCN2. The standard InChI is InChI=1S/C30H34Cl2N6O4/c1-30(2,3)42-29(40)38-12-10-37(11-13-38)19-8-9-23(25(16-19)41-4)36-27-26-24(33-17-34-28(26)39)15-18(35-27)14-20-21(31)6-5-7-22(20)32/h5-9,15-16,33H,10-14,17H2,1-4H3,(H,34,39)(H,35,36). The molecule has 0 saturated carbocycles. The fourth-order valence-electron chi connectivity index (χ4n) is 4.92. The number of amides is 2. The number of carbonyl (C=O) groups excluding carboxylic acids is 2. The van der Waals surface area contributed by atoms with Gasteiger partial charge >= 0.3 is 6.09 Å². The molecule has 10 nitrogen and oxygen atoms in total. The van der Waals surface area contributed by atoms with E-state index in [0.29, 0.717) is 83.5 Å². The molecule has 12 heteroatoms. The van der Waals surface area contributed by atoms with Crippen molar-refractivity contribution in [3.63, 3.8) is 0 Å². The number of piperazine rings is 1. The summed E-state index contributed by atoms with van der Waals surface area (Å²) >= 11 is 12.9. The average molecular weight is 614 g/mol. The lowest BCUT2D eigenvalue weighted by molar-refractivity contribution is 0.0240. The van der Waals surface area contributed by atoms with Gasteiger partial charge in [0.2, 0.25) is 0 Å². The molecule has 2 aliphatic rings. The average Bonchev–Trinajstić information content (AvgIpc) is 2.94. The van der Waals surface area contributed by atoms with Crippen molar-refractivity contribution in [2.24, 2.45) is 0 Å². The lowest BCUT2D eigenvalue weighted by Gasteiger charge is -2.37. The quantitative estimate of drug-likeness (QED) is 0.316. The van der Waals surface area contributed by atoms with Crippen LogP contribution in [-0.4, -0.2) is 67.4 Å². The number of halogens is 2. The van der Waals surface area contributed by atoms with Crippen molar-refractivity contribution < 1.29 is 19.1 Å². The van der Waals surface area contributed by atoms with Crippen molar-refractivity contribution in [1.29, 1.82) is 0 Å². The fourth-order valence-corrected chi connectivity index (χ4v) is 5.45. The molecule has 42 heavy (non-hydrogen) atoms. The van der Waals surface area contributed by atoms with Crippen LogP contribution in [0.1, 0.15) is 42.4 Å². The van der Waals surface area contributed by atoms with Gasteiger partial charge in [0.15, 0.2) is 0 Å². The number of nitrogens with one attached hydrogen (secondary N) is 3. The van der Waals surface area contributed by atoms with Crippen LogP contribution < -0.4 is 25.6 Å². The molecular formula is C30H34Cl2N6O4. The topological polar surface area (TPSA) is 108 Å². The summed E-state index contributed by atoms with van der Waals surface area (Å²) in [7, 11) is 1.59. The first-order valence-electron chi connectivity index (χ1n) is 13.7. The van der Waals surface area contributed by atoms with Crippen LogP contribution in [0.4, 0.5) is 27.7 Å². The molecule has 3 aromatic rings. The van der Waals surface area contributed by atoms with E-state index in [0.717, 1.165) is 11.3 Å². The van der Waals surface area contributed by atoms with E-state index in [2.05, 4.69) is 20.9 Å². The Morgan fingerprint density at radius 1 is 1.05 bits per heavy atom. The van der Waals surface area contributed by atoms with E-state index in [1.807, 2.05) is 45.0 Å². The number of pyridine rings is 1. The Morgan fingerprint density at radius 2 is 1.76 bits per heavy atom. The molecule has 2 aliphatic heterocycles. The Morgan fingerprint density at radius 3 is 2.43 bits per heavy atom. The molecule has 0 spiro atoms. The van der Waals surface area contributed by atoms with E-state index in [9.17, 15) is 9.59 Å². The van der Waals surface area contributed by atoms with Crippen LogP contribution in [0.15, 0.2) is 42.5 Å². The molecule has 3 N–H and O–H groups in total. The third kappa shape index (κ3) is 6.60. The number of ether oxygens (including phenoxy) is 2. The third-order valence-electron chi connectivity index (χ3n) is 6.98. The highest BCUT2D eigenvalue weighted by Crippen LogP contribution is 2.36. The molecule has 0 bridgehead atoms. The summed E-state index contributed by atoms with van der Waals surface area (Å²) in [5.41, 5.74) is 3.58. The van der Waals surface area contributed by atoms with E-state index in [1.165, 1.54) is 0 Å². The normalized spacial score (nSPS) is 15.0. The first kappa shape index (κ1) is 29.6. The van der Waals surface area contributed by atoms with Crippen molar-refractivity contribution >= 4 is 58.1 Å². The lowest BCUT2D eigenvalue weighted by atomic mass is 10.1. The summed E-state index contributed by atoms with van der Waals surface area (Å²) in [6, 6.07) is 13.0. The van der Waals surface area contributed by atoms with Crippen LogP contribution in [0.25, 0.3) is 0 Å². The second kappa shape index (κ2) is 12.1. The lowest BCUT2D eigenvalue weighted by Crippen LogP contribution is -2.50. The molecule has 1 fully saturated rings. The summed E-state index contributed by atoms with van der Waals surface area (Å²) in [5.74, 6) is 0.730. The molecular weight excluding hydrogens is 579 g/mol. The van der Waals surface area contributed by atoms with E-state index < -0.39 is 5.60 Å². The zero-order chi connectivity index (χ0) is 30.0. The third-order valence-corrected chi connectivity index (χ3v) is 7.69. The molecule has 5 rings (SSSR count). The van der Waals surface area contributed by atoms with Crippen LogP contribution in [0.2, 0.25) is 10.0 Å². The Labute approximate surface area is 255 Å². The maximum atomic E-state index is 12.9. The minimum atomic E-state index is -0.531. The van der Waals surface area contributed by atoms with Crippen LogP contribution >= 0.6 is 23.2 Å². The van der Waals surface area contributed by atoms with Gasteiger partial charge in [0, 0.05) is 60.1 Å². The van der Waals surface area contributed by atoms with Gasteiger partial charge < -0.3 is 35.2 Å². The first-order chi connectivity index (χ1) is 20.0. The first-order valence-corrected chi connectivity index (χ1v) is 14.4. The molecule has 3 heterocycles. The van der Waals surface area contributed by atoms with Crippen molar-refractivity contribution in [2.75, 3.05) is 55.5 Å². The van der Waals surface area contributed by atoms with Gasteiger partial charge in [0.05, 0.1) is 25.2 Å². The van der Waals surface area contributed by atoms with Gasteiger partial charge in [-0.1, -0.05) is 29.3 Å². The van der Waals surface area contributed by atoms with Crippen molar-refractivity contribution in [3.05, 3.63) is 69.3 Å². The van der Waals surface area contributed by atoms with Crippen LogP contribution in [0.3, 0.4) is 0 Å². The monoisotopic (exact) mass is 612 g/mol. The van der Waals surface area contributed by atoms with E-state index in [-0.39, 0.29) is 12.0 Å². The molecule has 2 aromatic carbocycles. The number of benzene rings is 2. The van der Waals surface area contributed by atoms with Gasteiger partial charge in [-0.2, -0.15) is 0 Å². The summed E-state index contributed by atoms with van der Waals surface area (Å²) in [4.78, 5) is 34.1. The number of aromatic nitrogens is 1. The largest absolute Gasteiger partial charge is 0.494 e. The van der Waals surface area contributed by atoms with Crippen molar-refractivity contribution in [1.82, 2.24) is 15.2 Å². The Bertz CT molecular complexity index is 1480. The van der Waals surface area contributed by atoms with Crippen LogP contribution in [0, 0.1) is 0 Å². The highest BCUT2D eigenvalue weighted by molar-refractivity contribution is 6.36. The van der Waals surface area contributed by atoms with Crippen LogP contribution in [0.5, 0.6) is 5.75 Å². The highest BCUT2D eigenvalue weighted by Gasteiger charge is 2.27. The number of anilines is 4. The second-order valence-corrected chi connectivity index (χ2v) is 11.9. The Kier molecular flexibility index (Phi) is 8.56.